The first-order valence-electron chi connectivity index (χ1n) is 7.94. The van der Waals surface area contributed by atoms with Crippen LogP contribution in [-0.2, 0) is 0 Å². The quantitative estimate of drug-likeness (QED) is 0.854. The zero-order valence-electron chi connectivity index (χ0n) is 13.7. The summed E-state index contributed by atoms with van der Waals surface area (Å²) in [5, 5.41) is 2.97. The number of hydrogen-bond acceptors (Lipinski definition) is 6. The Morgan fingerprint density at radius 2 is 2.21 bits per heavy atom. The van der Waals surface area contributed by atoms with Gasteiger partial charge in [-0.2, -0.15) is 0 Å². The third kappa shape index (κ3) is 3.42. The summed E-state index contributed by atoms with van der Waals surface area (Å²) in [6.07, 6.45) is 6.24. The molecule has 1 aliphatic rings. The molecule has 0 unspecified atom stereocenters. The fraction of sp³-hybridized carbons (Fsp3) is 0.438. The van der Waals surface area contributed by atoms with Crippen molar-refractivity contribution < 1.29 is 4.79 Å². The maximum atomic E-state index is 12.2. The Labute approximate surface area is 139 Å². The smallest absolute Gasteiger partial charge is 0.271 e. The lowest BCUT2D eigenvalue weighted by Crippen LogP contribution is -2.48. The molecule has 0 saturated carbocycles. The zero-order chi connectivity index (χ0) is 17.1. The minimum absolute atomic E-state index is 0.0276. The van der Waals surface area contributed by atoms with Crippen molar-refractivity contribution in [3.63, 3.8) is 0 Å². The van der Waals surface area contributed by atoms with Crippen LogP contribution in [0.15, 0.2) is 23.4 Å². The lowest BCUT2D eigenvalue weighted by molar-refractivity contribution is 0.0927. The summed E-state index contributed by atoms with van der Waals surface area (Å²) in [7, 11) is 0. The van der Waals surface area contributed by atoms with Crippen molar-refractivity contribution in [2.45, 2.75) is 32.7 Å². The van der Waals surface area contributed by atoms with Crippen LogP contribution in [0.3, 0.4) is 0 Å². The first kappa shape index (κ1) is 16.1. The molecule has 8 heteroatoms. The molecule has 1 atom stereocenters. The van der Waals surface area contributed by atoms with E-state index < -0.39 is 0 Å². The summed E-state index contributed by atoms with van der Waals surface area (Å²) in [6.45, 7) is 4.97. The average molecular weight is 328 g/mol. The van der Waals surface area contributed by atoms with Gasteiger partial charge in [-0.3, -0.25) is 19.6 Å². The highest BCUT2D eigenvalue weighted by atomic mass is 16.2. The van der Waals surface area contributed by atoms with Gasteiger partial charge in [0, 0.05) is 42.8 Å². The molecule has 2 aromatic rings. The lowest BCUT2D eigenvalue weighted by atomic mass is 10.1. The number of amides is 1. The molecule has 3 heterocycles. The van der Waals surface area contributed by atoms with Gasteiger partial charge < -0.3 is 10.2 Å². The third-order valence-corrected chi connectivity index (χ3v) is 4.23. The normalized spacial score (nSPS) is 17.6. The molecule has 2 aromatic heterocycles. The molecule has 0 aromatic carbocycles. The van der Waals surface area contributed by atoms with Gasteiger partial charge in [-0.15, -0.1) is 0 Å². The van der Waals surface area contributed by atoms with E-state index in [4.69, 9.17) is 0 Å². The zero-order valence-corrected chi connectivity index (χ0v) is 13.7. The number of rotatable bonds is 3. The van der Waals surface area contributed by atoms with Gasteiger partial charge >= 0.3 is 0 Å². The van der Waals surface area contributed by atoms with Gasteiger partial charge in [-0.25, -0.2) is 9.97 Å². The van der Waals surface area contributed by atoms with Crippen LogP contribution in [0.4, 0.5) is 5.95 Å². The van der Waals surface area contributed by atoms with E-state index in [1.165, 1.54) is 18.6 Å². The molecular weight excluding hydrogens is 308 g/mol. The van der Waals surface area contributed by atoms with Crippen LogP contribution in [0.25, 0.3) is 0 Å². The Kier molecular flexibility index (Phi) is 4.54. The van der Waals surface area contributed by atoms with Crippen molar-refractivity contribution in [1.82, 2.24) is 25.3 Å². The number of carbonyl (C=O) groups excluding carboxylic acids is 1. The number of aryl methyl sites for hydroxylation is 1. The van der Waals surface area contributed by atoms with Crippen molar-refractivity contribution in [1.29, 1.82) is 0 Å². The molecule has 1 amide bonds. The van der Waals surface area contributed by atoms with Crippen molar-refractivity contribution in [3.05, 3.63) is 45.9 Å². The predicted octanol–water partition coefficient (Wildman–Crippen LogP) is 0.576. The van der Waals surface area contributed by atoms with E-state index in [2.05, 4.69) is 25.3 Å². The standard InChI is InChI=1S/C16H20N6O2/c1-10-11(2)19-16(21-14(10)23)22-7-3-4-12(9-22)20-15(24)13-8-17-5-6-18-13/h5-6,8,12H,3-4,7,9H2,1-2H3,(H,20,24)(H,19,21,23)/t12-/m0/s1. The number of carbonyl (C=O) groups is 1. The highest BCUT2D eigenvalue weighted by molar-refractivity contribution is 5.92. The Bertz CT molecular complexity index is 789. The molecule has 24 heavy (non-hydrogen) atoms. The largest absolute Gasteiger partial charge is 0.346 e. The molecule has 0 radical (unpaired) electrons. The summed E-state index contributed by atoms with van der Waals surface area (Å²) >= 11 is 0. The third-order valence-electron chi connectivity index (χ3n) is 4.23. The summed E-state index contributed by atoms with van der Waals surface area (Å²) in [6, 6.07) is -0.0276. The van der Waals surface area contributed by atoms with Gasteiger partial charge in [-0.1, -0.05) is 0 Å². The molecule has 0 aliphatic carbocycles. The van der Waals surface area contributed by atoms with E-state index >= 15 is 0 Å². The molecule has 126 valence electrons. The van der Waals surface area contributed by atoms with Crippen molar-refractivity contribution >= 4 is 11.9 Å². The topological polar surface area (TPSA) is 104 Å². The van der Waals surface area contributed by atoms with E-state index in [0.717, 1.165) is 25.1 Å². The first-order chi connectivity index (χ1) is 11.5. The van der Waals surface area contributed by atoms with Gasteiger partial charge in [-0.05, 0) is 26.7 Å². The van der Waals surface area contributed by atoms with E-state index in [-0.39, 0.29) is 17.5 Å². The van der Waals surface area contributed by atoms with Crippen LogP contribution in [0.1, 0.15) is 34.6 Å². The lowest BCUT2D eigenvalue weighted by Gasteiger charge is -2.33. The Morgan fingerprint density at radius 1 is 1.38 bits per heavy atom. The van der Waals surface area contributed by atoms with Crippen molar-refractivity contribution in [2.24, 2.45) is 0 Å². The number of aromatic amines is 1. The summed E-state index contributed by atoms with van der Waals surface area (Å²) < 4.78 is 0. The Morgan fingerprint density at radius 3 is 2.92 bits per heavy atom. The van der Waals surface area contributed by atoms with Crippen LogP contribution in [0, 0.1) is 13.8 Å². The SMILES string of the molecule is Cc1nc(N2CCC[C@H](NC(=O)c3cnccn3)C2)[nH]c(=O)c1C. The van der Waals surface area contributed by atoms with E-state index in [9.17, 15) is 9.59 Å². The van der Waals surface area contributed by atoms with Crippen LogP contribution >= 0.6 is 0 Å². The van der Waals surface area contributed by atoms with Crippen LogP contribution in [0.2, 0.25) is 0 Å². The number of anilines is 1. The van der Waals surface area contributed by atoms with Crippen molar-refractivity contribution in [3.8, 4) is 0 Å². The number of hydrogen-bond donors (Lipinski definition) is 2. The van der Waals surface area contributed by atoms with Gasteiger partial charge in [0.2, 0.25) is 5.95 Å². The van der Waals surface area contributed by atoms with Gasteiger partial charge in [0.05, 0.1) is 6.20 Å². The van der Waals surface area contributed by atoms with Crippen molar-refractivity contribution in [2.75, 3.05) is 18.0 Å². The molecular formula is C16H20N6O2. The van der Waals surface area contributed by atoms with E-state index in [1.54, 1.807) is 6.92 Å². The second kappa shape index (κ2) is 6.77. The number of nitrogens with one attached hydrogen (secondary N) is 2. The molecule has 1 fully saturated rings. The Balaban J connectivity index is 1.71. The average Bonchev–Trinajstić information content (AvgIpc) is 2.60. The molecule has 1 saturated heterocycles. The second-order valence-corrected chi connectivity index (χ2v) is 5.95. The predicted molar refractivity (Wildman–Crippen MR) is 89.1 cm³/mol. The van der Waals surface area contributed by atoms with Crippen LogP contribution < -0.4 is 15.8 Å². The summed E-state index contributed by atoms with van der Waals surface area (Å²) in [4.78, 5) is 41.3. The minimum atomic E-state index is -0.239. The number of piperidine rings is 1. The molecule has 0 spiro atoms. The van der Waals surface area contributed by atoms with Crippen LogP contribution in [0.5, 0.6) is 0 Å². The summed E-state index contributed by atoms with van der Waals surface area (Å²) in [5.41, 5.74) is 1.53. The fourth-order valence-electron chi connectivity index (χ4n) is 2.74. The Hall–Kier alpha value is -2.77. The van der Waals surface area contributed by atoms with Gasteiger partial charge in [0.1, 0.15) is 5.69 Å². The first-order valence-corrected chi connectivity index (χ1v) is 7.94. The monoisotopic (exact) mass is 328 g/mol. The maximum Gasteiger partial charge on any atom is 0.271 e. The maximum absolute atomic E-state index is 12.2. The highest BCUT2D eigenvalue weighted by Crippen LogP contribution is 2.16. The van der Waals surface area contributed by atoms with E-state index in [0.29, 0.717) is 23.8 Å². The summed E-state index contributed by atoms with van der Waals surface area (Å²) in [5.74, 6) is 0.318. The minimum Gasteiger partial charge on any atom is -0.346 e. The fourth-order valence-corrected chi connectivity index (χ4v) is 2.74. The second-order valence-electron chi connectivity index (χ2n) is 5.95. The van der Waals surface area contributed by atoms with Gasteiger partial charge in [0.15, 0.2) is 0 Å². The molecule has 3 rings (SSSR count). The number of aromatic nitrogens is 4. The molecule has 1 aliphatic heterocycles. The van der Waals surface area contributed by atoms with Gasteiger partial charge in [0.25, 0.3) is 11.5 Å². The van der Waals surface area contributed by atoms with E-state index in [1.807, 2.05) is 11.8 Å². The number of nitrogens with zero attached hydrogens (tertiary/aromatic N) is 4. The number of H-pyrrole nitrogens is 1. The molecule has 2 N–H and O–H groups in total. The molecule has 8 nitrogen and oxygen atoms in total. The van der Waals surface area contributed by atoms with Crippen LogP contribution in [-0.4, -0.2) is 45.0 Å². The highest BCUT2D eigenvalue weighted by Gasteiger charge is 2.24. The molecule has 0 bridgehead atoms.